The number of hydrogen-bond donors (Lipinski definition) is 2. The molecule has 0 radical (unpaired) electrons. The van der Waals surface area contributed by atoms with Crippen LogP contribution in [0.25, 0.3) is 39.5 Å². The highest BCUT2D eigenvalue weighted by Crippen LogP contribution is 2.39. The van der Waals surface area contributed by atoms with Gasteiger partial charge in [0.2, 0.25) is 0 Å². The van der Waals surface area contributed by atoms with Gasteiger partial charge in [-0.3, -0.25) is 4.57 Å². The number of anilines is 1. The first-order valence-corrected chi connectivity index (χ1v) is 12.7. The fourth-order valence-corrected chi connectivity index (χ4v) is 4.96. The number of nitrogens with two attached hydrogens (primary N) is 2. The van der Waals surface area contributed by atoms with Crippen LogP contribution in [-0.2, 0) is 10.3 Å². The van der Waals surface area contributed by atoms with Crippen molar-refractivity contribution in [2.24, 2.45) is 5.73 Å². The standard InChI is InChI=1S/C30H28N6O2/c1-2-38-29(37)20-7-3-6-19(18-20)24-13-14-25-28(34-24)36(27(35-25)23-8-4-17-33-26(23)31)22-11-9-21(10-12-22)30(32)15-5-16-30/h3-4,6-14,17-18H,2,5,15-16,32H2,1H3,(H2,31,33). The van der Waals surface area contributed by atoms with Gasteiger partial charge in [-0.15, -0.1) is 0 Å². The minimum Gasteiger partial charge on any atom is -0.462 e. The van der Waals surface area contributed by atoms with Crippen LogP contribution >= 0.6 is 0 Å². The monoisotopic (exact) mass is 504 g/mol. The number of carbonyl (C=O) groups is 1. The second kappa shape index (κ2) is 9.39. The summed E-state index contributed by atoms with van der Waals surface area (Å²) in [5.41, 5.74) is 18.7. The van der Waals surface area contributed by atoms with E-state index < -0.39 is 0 Å². The number of hydrogen-bond acceptors (Lipinski definition) is 7. The number of aromatic nitrogens is 4. The van der Waals surface area contributed by atoms with E-state index in [0.717, 1.165) is 41.6 Å². The molecule has 2 aromatic carbocycles. The number of fused-ring (bicyclic) bond motifs is 1. The minimum atomic E-state index is -0.362. The first kappa shape index (κ1) is 23.8. The molecule has 0 bridgehead atoms. The van der Waals surface area contributed by atoms with Crippen LogP contribution < -0.4 is 11.5 Å². The van der Waals surface area contributed by atoms with Crippen molar-refractivity contribution in [1.82, 2.24) is 19.5 Å². The number of nitrogen functional groups attached to an aromatic ring is 1. The number of rotatable bonds is 6. The van der Waals surface area contributed by atoms with E-state index in [4.69, 9.17) is 26.2 Å². The van der Waals surface area contributed by atoms with E-state index in [0.29, 0.717) is 40.7 Å². The summed E-state index contributed by atoms with van der Waals surface area (Å²) in [4.78, 5) is 26.5. The van der Waals surface area contributed by atoms with Gasteiger partial charge in [-0.1, -0.05) is 24.3 Å². The van der Waals surface area contributed by atoms with E-state index in [1.54, 1.807) is 25.3 Å². The normalized spacial score (nSPS) is 14.3. The lowest BCUT2D eigenvalue weighted by molar-refractivity contribution is 0.0526. The molecule has 1 aliphatic rings. The molecule has 3 heterocycles. The maximum absolute atomic E-state index is 12.3. The zero-order valence-corrected chi connectivity index (χ0v) is 21.1. The van der Waals surface area contributed by atoms with Crippen molar-refractivity contribution in [2.75, 3.05) is 12.3 Å². The van der Waals surface area contributed by atoms with Gasteiger partial charge in [0.1, 0.15) is 11.3 Å². The molecule has 38 heavy (non-hydrogen) atoms. The van der Waals surface area contributed by atoms with Crippen molar-refractivity contribution < 1.29 is 9.53 Å². The molecule has 0 atom stereocenters. The first-order valence-electron chi connectivity index (χ1n) is 12.7. The summed E-state index contributed by atoms with van der Waals surface area (Å²) in [6.07, 6.45) is 4.80. The SMILES string of the molecule is CCOC(=O)c1cccc(-c2ccc3nc(-c4cccnc4N)n(-c4ccc(C5(N)CCC5)cc4)c3n2)c1. The number of esters is 1. The first-order chi connectivity index (χ1) is 18.5. The molecular formula is C30H28N6O2. The van der Waals surface area contributed by atoms with Crippen LogP contribution in [0, 0.1) is 0 Å². The van der Waals surface area contributed by atoms with Crippen molar-refractivity contribution >= 4 is 23.0 Å². The summed E-state index contributed by atoms with van der Waals surface area (Å²) in [6.45, 7) is 2.11. The maximum Gasteiger partial charge on any atom is 0.338 e. The van der Waals surface area contributed by atoms with Crippen molar-refractivity contribution in [3.05, 3.63) is 90.1 Å². The van der Waals surface area contributed by atoms with Crippen LogP contribution in [-0.4, -0.2) is 32.1 Å². The number of imidazole rings is 1. The lowest BCUT2D eigenvalue weighted by Gasteiger charge is -2.38. The molecule has 4 N–H and O–H groups in total. The van der Waals surface area contributed by atoms with Gasteiger partial charge in [0.25, 0.3) is 0 Å². The molecule has 6 rings (SSSR count). The molecule has 3 aromatic heterocycles. The Kier molecular flexibility index (Phi) is 5.88. The lowest BCUT2D eigenvalue weighted by atomic mass is 9.73. The Hall–Kier alpha value is -4.56. The van der Waals surface area contributed by atoms with Crippen molar-refractivity contribution in [3.8, 4) is 28.3 Å². The van der Waals surface area contributed by atoms with Crippen LogP contribution in [0.2, 0.25) is 0 Å². The zero-order chi connectivity index (χ0) is 26.3. The number of nitrogens with zero attached hydrogens (tertiary/aromatic N) is 4. The van der Waals surface area contributed by atoms with Gasteiger partial charge >= 0.3 is 5.97 Å². The summed E-state index contributed by atoms with van der Waals surface area (Å²) in [6, 6.07) is 23.1. The Morgan fingerprint density at radius 3 is 2.55 bits per heavy atom. The molecule has 5 aromatic rings. The van der Waals surface area contributed by atoms with Gasteiger partial charge < -0.3 is 16.2 Å². The summed E-state index contributed by atoms with van der Waals surface area (Å²) < 4.78 is 7.17. The molecule has 0 spiro atoms. The third-order valence-electron chi connectivity index (χ3n) is 7.20. The number of benzene rings is 2. The molecule has 8 heteroatoms. The molecule has 0 aliphatic heterocycles. The molecule has 1 aliphatic carbocycles. The smallest absolute Gasteiger partial charge is 0.338 e. The Labute approximate surface area is 220 Å². The van der Waals surface area contributed by atoms with Crippen LogP contribution in [0.4, 0.5) is 5.82 Å². The summed E-state index contributed by atoms with van der Waals surface area (Å²) in [5.74, 6) is 0.673. The van der Waals surface area contributed by atoms with Gasteiger partial charge in [-0.05, 0) is 80.3 Å². The maximum atomic E-state index is 12.3. The summed E-state index contributed by atoms with van der Waals surface area (Å²) in [5, 5.41) is 0. The van der Waals surface area contributed by atoms with Crippen molar-refractivity contribution in [1.29, 1.82) is 0 Å². The highest BCUT2D eigenvalue weighted by atomic mass is 16.5. The van der Waals surface area contributed by atoms with E-state index in [1.165, 1.54) is 0 Å². The predicted molar refractivity (Wildman–Crippen MR) is 148 cm³/mol. The third kappa shape index (κ3) is 4.09. The Bertz CT molecular complexity index is 1650. The predicted octanol–water partition coefficient (Wildman–Crippen LogP) is 5.25. The van der Waals surface area contributed by atoms with Gasteiger partial charge in [0.05, 0.1) is 23.4 Å². The van der Waals surface area contributed by atoms with E-state index in [1.807, 2.05) is 41.0 Å². The Morgan fingerprint density at radius 2 is 1.84 bits per heavy atom. The molecular weight excluding hydrogens is 476 g/mol. The molecule has 190 valence electrons. The molecule has 0 unspecified atom stereocenters. The number of carbonyl (C=O) groups excluding carboxylic acids is 1. The summed E-state index contributed by atoms with van der Waals surface area (Å²) >= 11 is 0. The topological polar surface area (TPSA) is 122 Å². The zero-order valence-electron chi connectivity index (χ0n) is 21.1. The quantitative estimate of drug-likeness (QED) is 0.303. The molecule has 0 saturated heterocycles. The fraction of sp³-hybridized carbons (Fsp3) is 0.200. The van der Waals surface area contributed by atoms with Crippen LogP contribution in [0.15, 0.2) is 79.0 Å². The van der Waals surface area contributed by atoms with E-state index >= 15 is 0 Å². The Balaban J connectivity index is 1.51. The van der Waals surface area contributed by atoms with Gasteiger partial charge in [-0.25, -0.2) is 19.7 Å². The summed E-state index contributed by atoms with van der Waals surface area (Å²) in [7, 11) is 0. The van der Waals surface area contributed by atoms with Crippen molar-refractivity contribution in [2.45, 2.75) is 31.7 Å². The molecule has 1 fully saturated rings. The van der Waals surface area contributed by atoms with Gasteiger partial charge in [0, 0.05) is 23.0 Å². The van der Waals surface area contributed by atoms with E-state index in [2.05, 4.69) is 29.2 Å². The van der Waals surface area contributed by atoms with Crippen LogP contribution in [0.1, 0.15) is 42.1 Å². The lowest BCUT2D eigenvalue weighted by Crippen LogP contribution is -2.43. The van der Waals surface area contributed by atoms with Crippen molar-refractivity contribution in [3.63, 3.8) is 0 Å². The second-order valence-electron chi connectivity index (χ2n) is 9.60. The van der Waals surface area contributed by atoms with E-state index in [9.17, 15) is 4.79 Å². The van der Waals surface area contributed by atoms with E-state index in [-0.39, 0.29) is 11.5 Å². The third-order valence-corrected chi connectivity index (χ3v) is 7.20. The Morgan fingerprint density at radius 1 is 1.03 bits per heavy atom. The molecule has 0 amide bonds. The minimum absolute atomic E-state index is 0.249. The number of ether oxygens (including phenoxy) is 1. The largest absolute Gasteiger partial charge is 0.462 e. The highest BCUT2D eigenvalue weighted by molar-refractivity contribution is 5.91. The molecule has 1 saturated carbocycles. The van der Waals surface area contributed by atoms with Crippen LogP contribution in [0.3, 0.4) is 0 Å². The average molecular weight is 505 g/mol. The fourth-order valence-electron chi connectivity index (χ4n) is 4.96. The highest BCUT2D eigenvalue weighted by Gasteiger charge is 2.34. The average Bonchev–Trinajstić information content (AvgIpc) is 3.31. The number of pyridine rings is 2. The van der Waals surface area contributed by atoms with Gasteiger partial charge in [-0.2, -0.15) is 0 Å². The molecule has 8 nitrogen and oxygen atoms in total. The van der Waals surface area contributed by atoms with Gasteiger partial charge in [0.15, 0.2) is 11.5 Å². The van der Waals surface area contributed by atoms with Crippen LogP contribution in [0.5, 0.6) is 0 Å². The second-order valence-corrected chi connectivity index (χ2v) is 9.60.